The Morgan fingerprint density at radius 1 is 1.03 bits per heavy atom. The van der Waals surface area contributed by atoms with Crippen LogP contribution in [-0.2, 0) is 11.3 Å². The number of methoxy groups -OCH3 is 2. The fourth-order valence-corrected chi connectivity index (χ4v) is 4.24. The van der Waals surface area contributed by atoms with Crippen LogP contribution < -0.4 is 25.5 Å². The third-order valence-corrected chi connectivity index (χ3v) is 5.93. The van der Waals surface area contributed by atoms with E-state index in [-0.39, 0.29) is 23.5 Å². The molecule has 35 heavy (non-hydrogen) atoms. The van der Waals surface area contributed by atoms with Crippen LogP contribution in [-0.4, -0.2) is 49.6 Å². The maximum absolute atomic E-state index is 14.7. The van der Waals surface area contributed by atoms with Crippen molar-refractivity contribution in [1.29, 1.82) is 0 Å². The van der Waals surface area contributed by atoms with E-state index in [0.29, 0.717) is 43.1 Å². The number of hydrogen-bond donors (Lipinski definition) is 0. The summed E-state index contributed by atoms with van der Waals surface area (Å²) in [4.78, 5) is 27.0. The Morgan fingerprint density at radius 2 is 1.74 bits per heavy atom. The van der Waals surface area contributed by atoms with Gasteiger partial charge in [0.2, 0.25) is 0 Å². The van der Waals surface area contributed by atoms with Crippen molar-refractivity contribution in [3.05, 3.63) is 62.6 Å². The third kappa shape index (κ3) is 5.00. The Bertz CT molecular complexity index is 1330. The van der Waals surface area contributed by atoms with Crippen LogP contribution in [0.25, 0.3) is 10.9 Å². The van der Waals surface area contributed by atoms with Crippen LogP contribution in [0.5, 0.6) is 17.2 Å². The zero-order valence-electron chi connectivity index (χ0n) is 19.3. The fraction of sp³-hybridized carbons (Fsp3) is 0.417. The average Bonchev–Trinajstić information content (AvgIpc) is 2.86. The molecule has 0 aliphatic carbocycles. The molecule has 2 heterocycles. The van der Waals surface area contributed by atoms with E-state index in [2.05, 4.69) is 0 Å². The van der Waals surface area contributed by atoms with Gasteiger partial charge in [-0.15, -0.1) is 0 Å². The molecule has 3 aromatic rings. The van der Waals surface area contributed by atoms with E-state index in [1.54, 1.807) is 18.2 Å². The normalized spacial score (nSPS) is 14.5. The van der Waals surface area contributed by atoms with E-state index in [4.69, 9.17) is 18.9 Å². The number of aromatic nitrogens is 2. The van der Waals surface area contributed by atoms with Crippen LogP contribution >= 0.6 is 0 Å². The second-order valence-electron chi connectivity index (χ2n) is 8.08. The van der Waals surface area contributed by atoms with Crippen LogP contribution in [0.2, 0.25) is 0 Å². The molecule has 0 atom stereocenters. The maximum Gasteiger partial charge on any atom is 0.332 e. The number of ether oxygens (including phenoxy) is 4. The highest BCUT2D eigenvalue weighted by atomic mass is 19.3. The van der Waals surface area contributed by atoms with E-state index in [9.17, 15) is 22.8 Å². The first kappa shape index (κ1) is 24.6. The minimum Gasteiger partial charge on any atom is -0.493 e. The molecule has 0 unspecified atom stereocenters. The van der Waals surface area contributed by atoms with Crippen molar-refractivity contribution in [3.63, 3.8) is 0 Å². The van der Waals surface area contributed by atoms with E-state index < -0.39 is 35.8 Å². The second kappa shape index (κ2) is 10.4. The molecule has 2 aromatic carbocycles. The van der Waals surface area contributed by atoms with Gasteiger partial charge in [0.25, 0.3) is 12.0 Å². The maximum atomic E-state index is 14.7. The Hall–Kier alpha value is -3.47. The molecule has 188 valence electrons. The van der Waals surface area contributed by atoms with Crippen molar-refractivity contribution in [3.8, 4) is 17.2 Å². The highest BCUT2D eigenvalue weighted by Gasteiger charge is 2.24. The lowest BCUT2D eigenvalue weighted by Gasteiger charge is -2.26. The van der Waals surface area contributed by atoms with Gasteiger partial charge in [0.05, 0.1) is 31.7 Å². The number of halogens is 3. The van der Waals surface area contributed by atoms with Crippen molar-refractivity contribution in [2.75, 3.05) is 34.0 Å². The number of benzene rings is 2. The minimum absolute atomic E-state index is 0.0118. The SMILES string of the molecule is COc1ccc(Cn2c(=O)c3cc(OCC(F)F)c(F)cc3n(C3CCOCC3)c2=O)cc1OC. The van der Waals surface area contributed by atoms with Crippen molar-refractivity contribution >= 4 is 10.9 Å². The lowest BCUT2D eigenvalue weighted by molar-refractivity contribution is 0.0691. The van der Waals surface area contributed by atoms with Gasteiger partial charge >= 0.3 is 5.69 Å². The van der Waals surface area contributed by atoms with Crippen molar-refractivity contribution in [1.82, 2.24) is 9.13 Å². The van der Waals surface area contributed by atoms with Crippen LogP contribution in [0.1, 0.15) is 24.4 Å². The molecule has 0 N–H and O–H groups in total. The van der Waals surface area contributed by atoms with Gasteiger partial charge in [-0.2, -0.15) is 0 Å². The lowest BCUT2D eigenvalue weighted by atomic mass is 10.1. The zero-order chi connectivity index (χ0) is 25.1. The van der Waals surface area contributed by atoms with Gasteiger partial charge in [-0.3, -0.25) is 13.9 Å². The first-order valence-electron chi connectivity index (χ1n) is 11.0. The molecule has 1 aromatic heterocycles. The second-order valence-corrected chi connectivity index (χ2v) is 8.08. The van der Waals surface area contributed by atoms with Crippen molar-refractivity contribution in [2.24, 2.45) is 0 Å². The van der Waals surface area contributed by atoms with E-state index >= 15 is 0 Å². The molecule has 0 radical (unpaired) electrons. The van der Waals surface area contributed by atoms with Crippen molar-refractivity contribution in [2.45, 2.75) is 31.9 Å². The van der Waals surface area contributed by atoms with Gasteiger partial charge in [-0.05, 0) is 36.6 Å². The molecule has 0 amide bonds. The molecule has 4 rings (SSSR count). The smallest absolute Gasteiger partial charge is 0.332 e. The van der Waals surface area contributed by atoms with Crippen molar-refractivity contribution < 1.29 is 32.1 Å². The summed E-state index contributed by atoms with van der Waals surface area (Å²) >= 11 is 0. The van der Waals surface area contributed by atoms with Gasteiger partial charge < -0.3 is 18.9 Å². The zero-order valence-corrected chi connectivity index (χ0v) is 19.3. The van der Waals surface area contributed by atoms with Gasteiger partial charge in [0, 0.05) is 25.3 Å². The summed E-state index contributed by atoms with van der Waals surface area (Å²) in [6.45, 7) is -0.305. The van der Waals surface area contributed by atoms with Gasteiger partial charge in [0.1, 0.15) is 6.61 Å². The molecule has 1 saturated heterocycles. The summed E-state index contributed by atoms with van der Waals surface area (Å²) in [6, 6.07) is 6.74. The standard InChI is InChI=1S/C24H25F3N2O6/c1-32-19-4-3-14(9-21(19)33-2)12-28-23(30)16-10-20(35-13-22(26)27)17(25)11-18(16)29(24(28)31)15-5-7-34-8-6-15/h3-4,9-11,15,22H,5-8,12-13H2,1-2H3. The number of rotatable bonds is 8. The van der Waals surface area contributed by atoms with Crippen LogP contribution in [0.15, 0.2) is 39.9 Å². The monoisotopic (exact) mass is 494 g/mol. The topological polar surface area (TPSA) is 80.9 Å². The molecule has 1 aliphatic heterocycles. The molecule has 11 heteroatoms. The summed E-state index contributed by atoms with van der Waals surface area (Å²) in [5.74, 6) is -0.508. The van der Waals surface area contributed by atoms with Crippen LogP contribution in [0, 0.1) is 5.82 Å². The molecule has 0 bridgehead atoms. The number of fused-ring (bicyclic) bond motifs is 1. The highest BCUT2D eigenvalue weighted by Crippen LogP contribution is 2.29. The summed E-state index contributed by atoms with van der Waals surface area (Å²) in [5, 5.41) is -0.0118. The van der Waals surface area contributed by atoms with Gasteiger partial charge in [-0.25, -0.2) is 18.0 Å². The summed E-state index contributed by atoms with van der Waals surface area (Å²) in [6.07, 6.45) is -1.83. The van der Waals surface area contributed by atoms with Gasteiger partial charge in [0.15, 0.2) is 23.1 Å². The first-order valence-corrected chi connectivity index (χ1v) is 11.0. The molecule has 8 nitrogen and oxygen atoms in total. The lowest BCUT2D eigenvalue weighted by Crippen LogP contribution is -2.42. The van der Waals surface area contributed by atoms with E-state index in [1.165, 1.54) is 18.8 Å². The molecular weight excluding hydrogens is 469 g/mol. The molecule has 1 aliphatic rings. The molecular formula is C24H25F3N2O6. The Kier molecular flexibility index (Phi) is 7.34. The third-order valence-electron chi connectivity index (χ3n) is 5.93. The summed E-state index contributed by atoms with van der Waals surface area (Å²) in [5.41, 5.74) is -0.622. The highest BCUT2D eigenvalue weighted by molar-refractivity contribution is 5.80. The minimum atomic E-state index is -2.82. The first-order chi connectivity index (χ1) is 16.8. The van der Waals surface area contributed by atoms with Crippen LogP contribution in [0.4, 0.5) is 13.2 Å². The van der Waals surface area contributed by atoms with E-state index in [1.807, 2.05) is 0 Å². The summed E-state index contributed by atoms with van der Waals surface area (Å²) < 4.78 is 63.3. The van der Waals surface area contributed by atoms with Gasteiger partial charge in [-0.1, -0.05) is 6.07 Å². The number of nitrogens with zero attached hydrogens (tertiary/aromatic N) is 2. The van der Waals surface area contributed by atoms with E-state index in [0.717, 1.165) is 16.7 Å². The molecule has 0 spiro atoms. The Morgan fingerprint density at radius 3 is 2.40 bits per heavy atom. The molecule has 0 saturated carbocycles. The number of hydrogen-bond acceptors (Lipinski definition) is 6. The Balaban J connectivity index is 1.90. The number of alkyl halides is 2. The average molecular weight is 494 g/mol. The quantitative estimate of drug-likeness (QED) is 0.478. The molecule has 1 fully saturated rings. The predicted molar refractivity (Wildman–Crippen MR) is 122 cm³/mol. The Labute approximate surface area is 198 Å². The van der Waals surface area contributed by atoms with Crippen LogP contribution in [0.3, 0.4) is 0 Å². The largest absolute Gasteiger partial charge is 0.493 e. The fourth-order valence-electron chi connectivity index (χ4n) is 4.24. The predicted octanol–water partition coefficient (Wildman–Crippen LogP) is 3.36. The summed E-state index contributed by atoms with van der Waals surface area (Å²) in [7, 11) is 2.96.